The van der Waals surface area contributed by atoms with E-state index < -0.39 is 88.7 Å². The molecule has 112 heavy (non-hydrogen) atoms. The van der Waals surface area contributed by atoms with Crippen molar-refractivity contribution in [3.05, 3.63) is 186 Å². The van der Waals surface area contributed by atoms with Crippen LogP contribution in [-0.2, 0) is 43.0 Å². The second kappa shape index (κ2) is 37.6. The molecule has 0 radical (unpaired) electrons. The van der Waals surface area contributed by atoms with Crippen molar-refractivity contribution in [3.63, 3.8) is 0 Å². The van der Waals surface area contributed by atoms with Crippen molar-refractivity contribution in [2.75, 3.05) is 59.6 Å². The number of alkyl halides is 3. The summed E-state index contributed by atoms with van der Waals surface area (Å²) in [7, 11) is 1.28. The third-order valence-electron chi connectivity index (χ3n) is 20.9. The molecule has 9 atom stereocenters. The highest BCUT2D eigenvalue weighted by molar-refractivity contribution is 7.12. The van der Waals surface area contributed by atoms with Crippen molar-refractivity contribution in [3.8, 4) is 0 Å². The van der Waals surface area contributed by atoms with Gasteiger partial charge in [0.05, 0.1) is 37.0 Å². The van der Waals surface area contributed by atoms with Gasteiger partial charge in [0.25, 0.3) is 0 Å². The van der Waals surface area contributed by atoms with E-state index in [1.54, 1.807) is 109 Å². The Balaban J connectivity index is 0.000000178. The summed E-state index contributed by atoms with van der Waals surface area (Å²) < 4.78 is 61.5. The summed E-state index contributed by atoms with van der Waals surface area (Å²) >= 11 is 36.1. The summed E-state index contributed by atoms with van der Waals surface area (Å²) in [4.78, 5) is 107. The largest absolute Gasteiger partial charge is 0.481 e. The van der Waals surface area contributed by atoms with Gasteiger partial charge in [0.15, 0.2) is 32.5 Å². The number of carboxylic acid groups (broad SMARTS) is 3. The first kappa shape index (κ1) is 86.5. The molecule has 600 valence electrons. The van der Waals surface area contributed by atoms with Gasteiger partial charge >= 0.3 is 35.8 Å². The van der Waals surface area contributed by atoms with Gasteiger partial charge < -0.3 is 45.5 Å². The number of thiazole rings is 3. The summed E-state index contributed by atoms with van der Waals surface area (Å²) in [5.41, 5.74) is 1.63. The molecule has 3 unspecified atom stereocenters. The van der Waals surface area contributed by atoms with Crippen molar-refractivity contribution in [2.24, 2.45) is 31.2 Å². The number of nitrogens with one attached hydrogen (secondary N) is 3. The van der Waals surface area contributed by atoms with Gasteiger partial charge in [0, 0.05) is 187 Å². The molecule has 35 heteroatoms. The van der Waals surface area contributed by atoms with Gasteiger partial charge in [0.2, 0.25) is 0 Å². The van der Waals surface area contributed by atoms with Crippen LogP contribution >= 0.6 is 92.0 Å². The Morgan fingerprint density at radius 2 is 0.795 bits per heavy atom. The summed E-state index contributed by atoms with van der Waals surface area (Å²) in [6, 6.07) is 13.6. The Kier molecular flexibility index (Phi) is 29.0. The SMILES string of the molecule is CCOC(=O)C1=C(CN2CC(F)C(C)(C)[C@H]2CCC(=O)O)NC(c2nccs2)=N[C@H]1c1ccc(Cl)cc1Cl.CCOC(=O)C1=C(CN2CC(F)C(C)(C)[C@H]2CCC(=O)O)NC(c2nccs2)=N[C@H]1c1ccccc1Cl.COC(=O)C1=C(CN2CC(F)C(C)(C)[C@H]2CCC(=O)O)NC(c2nccs2)=N[C@H]1c1ccc(Cl)cc1Cl. The first-order valence-corrected chi connectivity index (χ1v) is 40.5. The minimum atomic E-state index is -1.18. The topological polar surface area (TPSA) is 312 Å². The van der Waals surface area contributed by atoms with Crippen LogP contribution in [0.2, 0.25) is 25.1 Å². The highest BCUT2D eigenvalue weighted by Gasteiger charge is 2.52. The number of esters is 3. The van der Waals surface area contributed by atoms with Crippen LogP contribution in [0, 0.1) is 16.2 Å². The first-order chi connectivity index (χ1) is 53.2. The fourth-order valence-electron chi connectivity index (χ4n) is 14.9. The lowest BCUT2D eigenvalue weighted by Crippen LogP contribution is -2.43. The molecule has 3 aromatic carbocycles. The quantitative estimate of drug-likeness (QED) is 0.0217. The Bertz CT molecular complexity index is 4650. The monoisotopic (exact) mass is 1700 g/mol. The normalized spacial score (nSPS) is 23.4. The summed E-state index contributed by atoms with van der Waals surface area (Å²) in [6.07, 6.45) is 2.00. The van der Waals surface area contributed by atoms with E-state index in [0.29, 0.717) is 91.4 Å². The lowest BCUT2D eigenvalue weighted by molar-refractivity contribution is -0.139. The Morgan fingerprint density at radius 3 is 1.07 bits per heavy atom. The molecular weight excluding hydrogens is 1620 g/mol. The first-order valence-electron chi connectivity index (χ1n) is 36.0. The van der Waals surface area contributed by atoms with Crippen molar-refractivity contribution in [1.29, 1.82) is 0 Å². The molecule has 0 aliphatic carbocycles. The van der Waals surface area contributed by atoms with E-state index in [-0.39, 0.29) is 126 Å². The van der Waals surface area contributed by atoms with Crippen LogP contribution in [0.25, 0.3) is 0 Å². The average molecular weight is 1700 g/mol. The molecule has 0 saturated carbocycles. The predicted octanol–water partition coefficient (Wildman–Crippen LogP) is 14.8. The molecule has 6 aliphatic heterocycles. The standard InChI is InChI=1S/C26H29Cl2FN4O4S.C26H30ClFN4O4S.C25H27Cl2FN4O4S/c1-4-37-25(36)21-17(12-33-13-18(29)26(2,3)19(33)7-8-20(34)35)31-23(24-30-9-10-38-24)32-22(21)15-6-5-14(27)11-16(15)28;1-4-36-25(35)21-17(13-32-14-18(28)26(2,3)19(32)9-10-20(33)34)30-23(24-29-11-12-37-24)31-22(21)15-7-5-6-8-16(15)27;1-25(2)17(28)12-32(18(25)6-7-19(33)34)11-16-20(24(35)36-3)21(14-5-4-13(26)10-15(14)27)31-22(30-16)23-29-8-9-37-23/h5-6,9-11,18-19,22H,4,7-8,12-13H2,1-3H3,(H,31,32)(H,34,35);5-8,11-12,18-19,22H,4,9-10,13-14H2,1-3H3,(H,30,31)(H,33,34);4-5,8-10,17-18,21H,6-7,11-12H2,1-3H3,(H,30,31)(H,33,34)/t2*18?,19-,22+;17?,18-,21+/m111/s1. The molecule has 9 heterocycles. The number of carbonyl (C=O) groups excluding carboxylic acids is 3. The molecule has 0 amide bonds. The molecule has 6 N–H and O–H groups in total. The Labute approximate surface area is 683 Å². The number of carboxylic acids is 3. The minimum absolute atomic E-state index is 0.0808. The fourth-order valence-corrected chi connectivity index (χ4v) is 17.9. The van der Waals surface area contributed by atoms with Crippen LogP contribution in [0.15, 0.2) is 144 Å². The van der Waals surface area contributed by atoms with Crippen LogP contribution in [0.3, 0.4) is 0 Å². The smallest absolute Gasteiger partial charge is 0.338 e. The van der Waals surface area contributed by atoms with E-state index in [0.717, 1.165) is 0 Å². The van der Waals surface area contributed by atoms with Gasteiger partial charge in [-0.1, -0.05) is 130 Å². The van der Waals surface area contributed by atoms with Gasteiger partial charge in [-0.15, -0.1) is 34.0 Å². The molecular formula is C77H86Cl5F3N12O12S3. The molecule has 0 bridgehead atoms. The van der Waals surface area contributed by atoms with Crippen LogP contribution in [0.5, 0.6) is 0 Å². The Morgan fingerprint density at radius 1 is 0.482 bits per heavy atom. The van der Waals surface area contributed by atoms with E-state index in [2.05, 4.69) is 30.9 Å². The van der Waals surface area contributed by atoms with E-state index in [9.17, 15) is 44.1 Å². The fraction of sp³-hybridized carbons (Fsp3) is 0.455. The minimum Gasteiger partial charge on any atom is -0.481 e. The lowest BCUT2D eigenvalue weighted by atomic mass is 9.81. The molecule has 3 saturated heterocycles. The molecule has 3 aromatic heterocycles. The zero-order chi connectivity index (χ0) is 81.3. The van der Waals surface area contributed by atoms with Crippen LogP contribution in [-0.4, -0.2) is 195 Å². The van der Waals surface area contributed by atoms with E-state index in [4.69, 9.17) is 87.2 Å². The van der Waals surface area contributed by atoms with E-state index in [1.807, 2.05) is 56.8 Å². The molecule has 6 aromatic rings. The van der Waals surface area contributed by atoms with Gasteiger partial charge in [-0.05, 0) is 63.4 Å². The molecule has 12 rings (SSSR count). The van der Waals surface area contributed by atoms with Crippen LogP contribution < -0.4 is 16.0 Å². The van der Waals surface area contributed by atoms with Gasteiger partial charge in [-0.3, -0.25) is 44.1 Å². The highest BCUT2D eigenvalue weighted by atomic mass is 35.5. The number of hydrogen-bond acceptors (Lipinski definition) is 24. The second-order valence-corrected chi connectivity index (χ2v) is 33.8. The molecule has 24 nitrogen and oxygen atoms in total. The number of likely N-dealkylation sites (tertiary alicyclic amines) is 3. The summed E-state index contributed by atoms with van der Waals surface area (Å²) in [5.74, 6) is -3.21. The number of aliphatic carboxylic acids is 3. The third kappa shape index (κ3) is 19.9. The van der Waals surface area contributed by atoms with E-state index >= 15 is 13.2 Å². The summed E-state index contributed by atoms with van der Waals surface area (Å²) in [6.45, 7) is 15.3. The highest BCUT2D eigenvalue weighted by Crippen LogP contribution is 2.47. The maximum absolute atomic E-state index is 15.2. The van der Waals surface area contributed by atoms with Crippen molar-refractivity contribution in [2.45, 2.75) is 149 Å². The number of ether oxygens (including phenoxy) is 3. The number of carbonyl (C=O) groups is 6. The van der Waals surface area contributed by atoms with Crippen LogP contribution in [0.4, 0.5) is 13.2 Å². The van der Waals surface area contributed by atoms with Crippen molar-refractivity contribution >= 4 is 145 Å². The lowest BCUT2D eigenvalue weighted by Gasteiger charge is -2.35. The molecule has 3 fully saturated rings. The zero-order valence-corrected chi connectivity index (χ0v) is 68.9. The molecule has 0 spiro atoms. The van der Waals surface area contributed by atoms with E-state index in [1.165, 1.54) is 41.1 Å². The number of aliphatic imine (C=N–C) groups is 3. The number of amidine groups is 3. The number of hydrogen-bond donors (Lipinski definition) is 6. The number of nitrogens with zero attached hydrogens (tertiary/aromatic N) is 9. The maximum Gasteiger partial charge on any atom is 0.338 e. The van der Waals surface area contributed by atoms with Gasteiger partial charge in [0.1, 0.15) is 36.6 Å². The van der Waals surface area contributed by atoms with Crippen molar-refractivity contribution < 1.29 is 71.5 Å². The number of aromatic nitrogens is 3. The van der Waals surface area contributed by atoms with Crippen LogP contribution in [0.1, 0.15) is 144 Å². The second-order valence-electron chi connectivity index (χ2n) is 29.0. The summed E-state index contributed by atoms with van der Waals surface area (Å²) in [5, 5.41) is 46.9. The Hall–Kier alpha value is -7.88. The molecule has 6 aliphatic rings. The number of halogens is 8. The number of benzene rings is 3. The van der Waals surface area contributed by atoms with Gasteiger partial charge in [-0.25, -0.2) is 42.5 Å². The number of rotatable bonds is 26. The maximum atomic E-state index is 15.2. The van der Waals surface area contributed by atoms with Crippen molar-refractivity contribution in [1.82, 2.24) is 45.6 Å². The van der Waals surface area contributed by atoms with Gasteiger partial charge in [-0.2, -0.15) is 0 Å². The number of methoxy groups -OCH3 is 1. The zero-order valence-electron chi connectivity index (χ0n) is 62.6. The predicted molar refractivity (Wildman–Crippen MR) is 427 cm³/mol. The third-order valence-corrected chi connectivity index (χ3v) is 24.7. The average Bonchev–Trinajstić information content (AvgIpc) is 1.47.